The maximum atomic E-state index is 12.9. The van der Waals surface area contributed by atoms with Gasteiger partial charge in [0.25, 0.3) is 0 Å². The van der Waals surface area contributed by atoms with Crippen molar-refractivity contribution in [1.82, 2.24) is 9.21 Å². The zero-order chi connectivity index (χ0) is 21.7. The van der Waals surface area contributed by atoms with E-state index in [1.165, 1.54) is 4.31 Å². The molecule has 1 aliphatic rings. The van der Waals surface area contributed by atoms with Crippen molar-refractivity contribution in [3.8, 4) is 5.75 Å². The highest BCUT2D eigenvalue weighted by Gasteiger charge is 2.29. The second kappa shape index (κ2) is 9.59. The van der Waals surface area contributed by atoms with E-state index in [4.69, 9.17) is 4.74 Å². The molecule has 0 unspecified atom stereocenters. The summed E-state index contributed by atoms with van der Waals surface area (Å²) < 4.78 is 32.6. The molecule has 0 aliphatic carbocycles. The summed E-state index contributed by atoms with van der Waals surface area (Å²) in [6.45, 7) is 8.37. The van der Waals surface area contributed by atoms with E-state index >= 15 is 0 Å². The van der Waals surface area contributed by atoms with Gasteiger partial charge in [-0.05, 0) is 68.3 Å². The molecular formula is C22H29N3O4S. The van der Waals surface area contributed by atoms with E-state index in [2.05, 4.69) is 11.4 Å². The number of amides is 1. The number of carbonyl (C=O) groups excluding carboxylic acids is 1. The lowest BCUT2D eigenvalue weighted by atomic mass is 10.1. The van der Waals surface area contributed by atoms with Crippen LogP contribution in [0, 0.1) is 13.8 Å². The van der Waals surface area contributed by atoms with Crippen LogP contribution in [0.5, 0.6) is 5.75 Å². The third-order valence-electron chi connectivity index (χ3n) is 4.98. The van der Waals surface area contributed by atoms with Gasteiger partial charge in [-0.3, -0.25) is 9.69 Å². The average molecular weight is 432 g/mol. The Balaban J connectivity index is 1.54. The van der Waals surface area contributed by atoms with Crippen molar-refractivity contribution < 1.29 is 17.9 Å². The molecule has 162 valence electrons. The molecule has 0 spiro atoms. The molecule has 3 rings (SSSR count). The zero-order valence-electron chi connectivity index (χ0n) is 17.7. The number of piperazine rings is 1. The Labute approximate surface area is 178 Å². The van der Waals surface area contributed by atoms with Gasteiger partial charge in [-0.15, -0.1) is 0 Å². The first kappa shape index (κ1) is 22.3. The summed E-state index contributed by atoms with van der Waals surface area (Å²) >= 11 is 0. The second-order valence-corrected chi connectivity index (χ2v) is 9.45. The van der Waals surface area contributed by atoms with Crippen molar-refractivity contribution in [3.05, 3.63) is 53.6 Å². The van der Waals surface area contributed by atoms with Gasteiger partial charge >= 0.3 is 0 Å². The lowest BCUT2D eigenvalue weighted by molar-refractivity contribution is -0.117. The van der Waals surface area contributed by atoms with Crippen LogP contribution in [-0.2, 0) is 14.8 Å². The maximum Gasteiger partial charge on any atom is 0.243 e. The third-order valence-corrected chi connectivity index (χ3v) is 6.89. The van der Waals surface area contributed by atoms with Crippen LogP contribution in [0.15, 0.2) is 47.4 Å². The normalized spacial score (nSPS) is 15.7. The Morgan fingerprint density at radius 2 is 1.60 bits per heavy atom. The number of nitrogens with zero attached hydrogens (tertiary/aromatic N) is 2. The number of carbonyl (C=O) groups is 1. The van der Waals surface area contributed by atoms with E-state index in [0.717, 1.165) is 16.8 Å². The first-order valence-electron chi connectivity index (χ1n) is 10.1. The van der Waals surface area contributed by atoms with E-state index in [9.17, 15) is 13.2 Å². The summed E-state index contributed by atoms with van der Waals surface area (Å²) in [5.41, 5.74) is 2.98. The quantitative estimate of drug-likeness (QED) is 0.729. The number of hydrogen-bond donors (Lipinski definition) is 1. The molecule has 1 saturated heterocycles. The fourth-order valence-electron chi connectivity index (χ4n) is 3.60. The van der Waals surface area contributed by atoms with Crippen LogP contribution in [-0.4, -0.2) is 62.9 Å². The number of anilines is 1. The Kier molecular flexibility index (Phi) is 7.12. The van der Waals surface area contributed by atoms with E-state index in [1.807, 2.05) is 37.8 Å². The average Bonchev–Trinajstić information content (AvgIpc) is 2.68. The summed E-state index contributed by atoms with van der Waals surface area (Å²) in [6.07, 6.45) is 0. The van der Waals surface area contributed by atoms with Crippen molar-refractivity contribution in [3.63, 3.8) is 0 Å². The number of ether oxygens (including phenoxy) is 1. The van der Waals surface area contributed by atoms with Crippen molar-refractivity contribution in [2.75, 3.05) is 44.6 Å². The molecule has 2 aromatic rings. The van der Waals surface area contributed by atoms with Gasteiger partial charge in [0.05, 0.1) is 18.0 Å². The molecule has 0 aromatic heterocycles. The van der Waals surface area contributed by atoms with Gasteiger partial charge in [0.15, 0.2) is 0 Å². The van der Waals surface area contributed by atoms with Crippen LogP contribution >= 0.6 is 0 Å². The summed E-state index contributed by atoms with van der Waals surface area (Å²) in [5, 5.41) is 2.93. The highest BCUT2D eigenvalue weighted by molar-refractivity contribution is 7.89. The lowest BCUT2D eigenvalue weighted by Gasteiger charge is -2.33. The Hall–Kier alpha value is -2.42. The van der Waals surface area contributed by atoms with Crippen LogP contribution < -0.4 is 10.1 Å². The minimum Gasteiger partial charge on any atom is -0.494 e. The van der Waals surface area contributed by atoms with Crippen LogP contribution in [0.1, 0.15) is 18.1 Å². The molecule has 1 heterocycles. The molecule has 8 heteroatoms. The predicted molar refractivity (Wildman–Crippen MR) is 117 cm³/mol. The molecule has 1 N–H and O–H groups in total. The Morgan fingerprint density at radius 1 is 1.00 bits per heavy atom. The van der Waals surface area contributed by atoms with Crippen molar-refractivity contribution >= 4 is 21.6 Å². The number of nitrogens with one attached hydrogen (secondary N) is 1. The van der Waals surface area contributed by atoms with Crippen LogP contribution in [0.2, 0.25) is 0 Å². The monoisotopic (exact) mass is 431 g/mol. The van der Waals surface area contributed by atoms with Gasteiger partial charge in [-0.25, -0.2) is 8.42 Å². The molecular weight excluding hydrogens is 402 g/mol. The van der Waals surface area contributed by atoms with Gasteiger partial charge in [0, 0.05) is 31.9 Å². The SMILES string of the molecule is CCOc1ccc(S(=O)(=O)N2CCN(CC(=O)Nc3cc(C)cc(C)c3)CC2)cc1. The molecule has 7 nitrogen and oxygen atoms in total. The van der Waals surface area contributed by atoms with E-state index in [0.29, 0.717) is 38.5 Å². The fourth-order valence-corrected chi connectivity index (χ4v) is 5.02. The molecule has 0 saturated carbocycles. The van der Waals surface area contributed by atoms with Gasteiger partial charge in [0.1, 0.15) is 5.75 Å². The molecule has 1 amide bonds. The highest BCUT2D eigenvalue weighted by Crippen LogP contribution is 2.21. The van der Waals surface area contributed by atoms with Crippen LogP contribution in [0.3, 0.4) is 0 Å². The molecule has 0 bridgehead atoms. The Morgan fingerprint density at radius 3 is 2.17 bits per heavy atom. The zero-order valence-corrected chi connectivity index (χ0v) is 18.5. The summed E-state index contributed by atoms with van der Waals surface area (Å²) in [6, 6.07) is 12.4. The Bertz CT molecular complexity index is 962. The molecule has 2 aromatic carbocycles. The summed E-state index contributed by atoms with van der Waals surface area (Å²) in [5.74, 6) is 0.555. The first-order chi connectivity index (χ1) is 14.3. The minimum absolute atomic E-state index is 0.0946. The molecule has 0 atom stereocenters. The maximum absolute atomic E-state index is 12.9. The molecule has 30 heavy (non-hydrogen) atoms. The van der Waals surface area contributed by atoms with Crippen molar-refractivity contribution in [2.45, 2.75) is 25.7 Å². The lowest BCUT2D eigenvalue weighted by Crippen LogP contribution is -2.50. The topological polar surface area (TPSA) is 79.0 Å². The number of sulfonamides is 1. The van der Waals surface area contributed by atoms with Crippen molar-refractivity contribution in [2.24, 2.45) is 0 Å². The standard InChI is InChI=1S/C22H29N3O4S/c1-4-29-20-5-7-21(8-6-20)30(27,28)25-11-9-24(10-12-25)16-22(26)23-19-14-17(2)13-18(3)15-19/h5-8,13-15H,4,9-12,16H2,1-3H3,(H,23,26). The fraction of sp³-hybridized carbons (Fsp3) is 0.409. The first-order valence-corrected chi connectivity index (χ1v) is 11.6. The molecule has 1 fully saturated rings. The van der Waals surface area contributed by atoms with Crippen LogP contribution in [0.25, 0.3) is 0 Å². The summed E-state index contributed by atoms with van der Waals surface area (Å²) in [7, 11) is -3.55. The molecule has 0 radical (unpaired) electrons. The third kappa shape index (κ3) is 5.59. The smallest absolute Gasteiger partial charge is 0.243 e. The van der Waals surface area contributed by atoms with E-state index in [-0.39, 0.29) is 17.3 Å². The number of aryl methyl sites for hydroxylation is 2. The molecule has 1 aliphatic heterocycles. The van der Waals surface area contributed by atoms with Gasteiger partial charge in [0.2, 0.25) is 15.9 Å². The van der Waals surface area contributed by atoms with E-state index in [1.54, 1.807) is 24.3 Å². The van der Waals surface area contributed by atoms with Gasteiger partial charge in [-0.1, -0.05) is 6.07 Å². The number of hydrogen-bond acceptors (Lipinski definition) is 5. The van der Waals surface area contributed by atoms with Crippen molar-refractivity contribution in [1.29, 1.82) is 0 Å². The highest BCUT2D eigenvalue weighted by atomic mass is 32.2. The minimum atomic E-state index is -3.55. The van der Waals surface area contributed by atoms with Crippen LogP contribution in [0.4, 0.5) is 5.69 Å². The largest absolute Gasteiger partial charge is 0.494 e. The number of rotatable bonds is 7. The predicted octanol–water partition coefficient (Wildman–Crippen LogP) is 2.65. The number of benzene rings is 2. The summed E-state index contributed by atoms with van der Waals surface area (Å²) in [4.78, 5) is 14.6. The van der Waals surface area contributed by atoms with Gasteiger partial charge < -0.3 is 10.1 Å². The second-order valence-electron chi connectivity index (χ2n) is 7.51. The van der Waals surface area contributed by atoms with Gasteiger partial charge in [-0.2, -0.15) is 4.31 Å². The van der Waals surface area contributed by atoms with E-state index < -0.39 is 10.0 Å².